The lowest BCUT2D eigenvalue weighted by Gasteiger charge is -2.32. The Kier molecular flexibility index (Phi) is 4.11. The smallest absolute Gasteiger partial charge is 0.100 e. The van der Waals surface area contributed by atoms with Crippen LogP contribution in [-0.4, -0.2) is 47.9 Å². The van der Waals surface area contributed by atoms with E-state index in [1.54, 1.807) is 0 Å². The van der Waals surface area contributed by atoms with Gasteiger partial charge in [0, 0.05) is 38.5 Å². The van der Waals surface area contributed by atoms with E-state index in [4.69, 9.17) is 9.47 Å². The van der Waals surface area contributed by atoms with Gasteiger partial charge in [-0.3, -0.25) is 9.88 Å². The van der Waals surface area contributed by atoms with Crippen LogP contribution in [-0.2, 0) is 16.0 Å². The van der Waals surface area contributed by atoms with Crippen LogP contribution in [0.25, 0.3) is 0 Å². The third-order valence-electron chi connectivity index (χ3n) is 4.06. The highest BCUT2D eigenvalue weighted by Gasteiger charge is 2.44. The number of pyridine rings is 1. The van der Waals surface area contributed by atoms with Crippen molar-refractivity contribution in [2.75, 3.05) is 19.8 Å². The van der Waals surface area contributed by atoms with Gasteiger partial charge in [0.2, 0.25) is 0 Å². The molecule has 0 unspecified atom stereocenters. The molecule has 19 heavy (non-hydrogen) atoms. The predicted octanol–water partition coefficient (Wildman–Crippen LogP) is 1.85. The van der Waals surface area contributed by atoms with Gasteiger partial charge < -0.3 is 9.47 Å². The fraction of sp³-hybridized carbons (Fsp3) is 0.667. The Balaban J connectivity index is 1.70. The van der Waals surface area contributed by atoms with Crippen LogP contribution in [0.15, 0.2) is 24.4 Å². The fourth-order valence-electron chi connectivity index (χ4n) is 3.25. The number of hydrogen-bond acceptors (Lipinski definition) is 4. The van der Waals surface area contributed by atoms with Gasteiger partial charge in [0.05, 0.1) is 11.8 Å². The third kappa shape index (κ3) is 2.81. The first kappa shape index (κ1) is 13.0. The highest BCUT2D eigenvalue weighted by Crippen LogP contribution is 2.31. The summed E-state index contributed by atoms with van der Waals surface area (Å²) in [5.41, 5.74) is 1.13. The zero-order valence-corrected chi connectivity index (χ0v) is 11.5. The van der Waals surface area contributed by atoms with Crippen molar-refractivity contribution >= 4 is 0 Å². The summed E-state index contributed by atoms with van der Waals surface area (Å²) in [6.45, 7) is 5.55. The third-order valence-corrected chi connectivity index (χ3v) is 4.06. The summed E-state index contributed by atoms with van der Waals surface area (Å²) in [6.07, 6.45) is 4.69. The second-order valence-electron chi connectivity index (χ2n) is 5.29. The molecular weight excluding hydrogens is 240 g/mol. The first-order valence-electron chi connectivity index (χ1n) is 7.25. The van der Waals surface area contributed by atoms with Crippen LogP contribution in [0, 0.1) is 0 Å². The van der Waals surface area contributed by atoms with Gasteiger partial charge in [-0.1, -0.05) is 6.07 Å². The first-order valence-corrected chi connectivity index (χ1v) is 7.25. The molecule has 1 aromatic rings. The molecule has 3 heterocycles. The molecule has 2 fully saturated rings. The molecule has 2 aliphatic rings. The Bertz CT molecular complexity index is 398. The minimum Gasteiger partial charge on any atom is -0.374 e. The molecule has 0 bridgehead atoms. The Hall–Kier alpha value is -0.970. The van der Waals surface area contributed by atoms with Gasteiger partial charge >= 0.3 is 0 Å². The summed E-state index contributed by atoms with van der Waals surface area (Å²) in [6, 6.07) is 6.59. The van der Waals surface area contributed by atoms with Gasteiger partial charge in [-0.2, -0.15) is 0 Å². The van der Waals surface area contributed by atoms with Crippen molar-refractivity contribution < 1.29 is 9.47 Å². The topological polar surface area (TPSA) is 34.6 Å². The number of nitrogens with zero attached hydrogens (tertiary/aromatic N) is 2. The second kappa shape index (κ2) is 5.99. The molecular formula is C15H22N2O2. The predicted molar refractivity (Wildman–Crippen MR) is 72.8 cm³/mol. The zero-order valence-electron chi connectivity index (χ0n) is 11.5. The molecule has 2 saturated heterocycles. The normalized spacial score (nSPS) is 31.3. The van der Waals surface area contributed by atoms with Crippen molar-refractivity contribution in [2.45, 2.75) is 44.6 Å². The van der Waals surface area contributed by atoms with Crippen molar-refractivity contribution in [3.8, 4) is 0 Å². The number of ether oxygens (including phenoxy) is 2. The van der Waals surface area contributed by atoms with Gasteiger partial charge in [0.1, 0.15) is 6.10 Å². The van der Waals surface area contributed by atoms with Crippen LogP contribution in [0.1, 0.15) is 25.5 Å². The molecule has 0 aliphatic carbocycles. The Labute approximate surface area is 114 Å². The van der Waals surface area contributed by atoms with Gasteiger partial charge in [-0.05, 0) is 31.9 Å². The Morgan fingerprint density at radius 3 is 3.21 bits per heavy atom. The molecule has 0 amide bonds. The average Bonchev–Trinajstić information content (AvgIpc) is 2.79. The SMILES string of the molecule is CCO[C@H]1CN(Cc2ccccn2)[C@@H]2CCCO[C@H]12. The van der Waals surface area contributed by atoms with Crippen molar-refractivity contribution in [3.05, 3.63) is 30.1 Å². The maximum Gasteiger partial charge on any atom is 0.100 e. The molecule has 104 valence electrons. The van der Waals surface area contributed by atoms with E-state index >= 15 is 0 Å². The average molecular weight is 262 g/mol. The molecule has 0 spiro atoms. The van der Waals surface area contributed by atoms with Crippen LogP contribution in [0.4, 0.5) is 0 Å². The summed E-state index contributed by atoms with van der Waals surface area (Å²) in [5, 5.41) is 0. The maximum atomic E-state index is 5.95. The number of likely N-dealkylation sites (tertiary alicyclic amines) is 1. The Morgan fingerprint density at radius 2 is 2.42 bits per heavy atom. The lowest BCUT2D eigenvalue weighted by molar-refractivity contribution is -0.0750. The van der Waals surface area contributed by atoms with Crippen molar-refractivity contribution in [1.29, 1.82) is 0 Å². The minimum atomic E-state index is 0.221. The lowest BCUT2D eigenvalue weighted by atomic mass is 10.0. The van der Waals surface area contributed by atoms with E-state index in [1.165, 1.54) is 6.42 Å². The molecule has 3 rings (SSSR count). The number of aromatic nitrogens is 1. The van der Waals surface area contributed by atoms with Gasteiger partial charge in [-0.15, -0.1) is 0 Å². The van der Waals surface area contributed by atoms with Gasteiger partial charge in [0.25, 0.3) is 0 Å². The van der Waals surface area contributed by atoms with E-state index in [0.29, 0.717) is 6.04 Å². The van der Waals surface area contributed by atoms with E-state index in [-0.39, 0.29) is 12.2 Å². The second-order valence-corrected chi connectivity index (χ2v) is 5.29. The largest absolute Gasteiger partial charge is 0.374 e. The summed E-state index contributed by atoms with van der Waals surface area (Å²) < 4.78 is 11.8. The van der Waals surface area contributed by atoms with Crippen LogP contribution < -0.4 is 0 Å². The van der Waals surface area contributed by atoms with Crippen molar-refractivity contribution in [2.24, 2.45) is 0 Å². The van der Waals surface area contributed by atoms with Crippen LogP contribution in [0.3, 0.4) is 0 Å². The lowest BCUT2D eigenvalue weighted by Crippen LogP contribution is -2.41. The zero-order chi connectivity index (χ0) is 13.1. The summed E-state index contributed by atoms with van der Waals surface area (Å²) in [5.74, 6) is 0. The van der Waals surface area contributed by atoms with E-state index in [2.05, 4.69) is 22.9 Å². The van der Waals surface area contributed by atoms with E-state index in [9.17, 15) is 0 Å². The molecule has 2 aliphatic heterocycles. The molecule has 4 nitrogen and oxygen atoms in total. The Morgan fingerprint density at radius 1 is 1.47 bits per heavy atom. The molecule has 0 radical (unpaired) electrons. The summed E-state index contributed by atoms with van der Waals surface area (Å²) in [4.78, 5) is 6.91. The van der Waals surface area contributed by atoms with Gasteiger partial charge in [0.15, 0.2) is 0 Å². The highest BCUT2D eigenvalue weighted by molar-refractivity contribution is 5.06. The fourth-order valence-corrected chi connectivity index (χ4v) is 3.25. The van der Waals surface area contributed by atoms with E-state index in [0.717, 1.165) is 38.4 Å². The van der Waals surface area contributed by atoms with E-state index in [1.807, 2.05) is 18.3 Å². The minimum absolute atomic E-state index is 0.221. The molecule has 0 N–H and O–H groups in total. The number of hydrogen-bond donors (Lipinski definition) is 0. The highest BCUT2D eigenvalue weighted by atomic mass is 16.5. The quantitative estimate of drug-likeness (QED) is 0.829. The summed E-state index contributed by atoms with van der Waals surface area (Å²) in [7, 11) is 0. The molecule has 0 saturated carbocycles. The van der Waals surface area contributed by atoms with Crippen LogP contribution in [0.2, 0.25) is 0 Å². The van der Waals surface area contributed by atoms with Gasteiger partial charge in [-0.25, -0.2) is 0 Å². The molecule has 1 aromatic heterocycles. The number of rotatable bonds is 4. The maximum absolute atomic E-state index is 5.95. The van der Waals surface area contributed by atoms with Crippen molar-refractivity contribution in [3.63, 3.8) is 0 Å². The first-order chi connectivity index (χ1) is 9.38. The molecule has 3 atom stereocenters. The molecule has 4 heteroatoms. The van der Waals surface area contributed by atoms with E-state index < -0.39 is 0 Å². The molecule has 0 aromatic carbocycles. The summed E-state index contributed by atoms with van der Waals surface area (Å²) >= 11 is 0. The van der Waals surface area contributed by atoms with Crippen LogP contribution in [0.5, 0.6) is 0 Å². The standard InChI is InChI=1S/C15H22N2O2/c1-2-18-14-11-17(10-12-6-3-4-8-16-12)13-7-5-9-19-15(13)14/h3-4,6,8,13-15H,2,5,7,9-11H2,1H3/t13-,14+,15+/m1/s1. The monoisotopic (exact) mass is 262 g/mol. The van der Waals surface area contributed by atoms with Crippen LogP contribution >= 0.6 is 0 Å². The number of fused-ring (bicyclic) bond motifs is 1. The van der Waals surface area contributed by atoms with Crippen molar-refractivity contribution in [1.82, 2.24) is 9.88 Å².